The summed E-state index contributed by atoms with van der Waals surface area (Å²) in [5.74, 6) is 0. The fourth-order valence-corrected chi connectivity index (χ4v) is 0.722. The Bertz CT molecular complexity index is 263. The second kappa shape index (κ2) is 3.66. The summed E-state index contributed by atoms with van der Waals surface area (Å²) in [7, 11) is 1.49. The van der Waals surface area contributed by atoms with E-state index in [-0.39, 0.29) is 6.54 Å². The first-order valence-electron chi connectivity index (χ1n) is 3.39. The van der Waals surface area contributed by atoms with Gasteiger partial charge in [0.1, 0.15) is 6.33 Å². The van der Waals surface area contributed by atoms with Gasteiger partial charge in [0.15, 0.2) is 0 Å². The highest BCUT2D eigenvalue weighted by Crippen LogP contribution is 1.96. The Hall–Kier alpha value is -1.65. The van der Waals surface area contributed by atoms with Gasteiger partial charge in [-0.2, -0.15) is 0 Å². The van der Waals surface area contributed by atoms with Gasteiger partial charge in [-0.25, -0.2) is 14.8 Å². The van der Waals surface area contributed by atoms with Gasteiger partial charge in [-0.1, -0.05) is 0 Å². The van der Waals surface area contributed by atoms with Gasteiger partial charge in [0.2, 0.25) is 0 Å². The van der Waals surface area contributed by atoms with Crippen LogP contribution in [0.4, 0.5) is 4.79 Å². The molecule has 1 rings (SSSR count). The molecule has 0 spiro atoms. The largest absolute Gasteiger partial charge is 0.465 e. The lowest BCUT2D eigenvalue weighted by molar-refractivity contribution is 0.153. The van der Waals surface area contributed by atoms with Crippen LogP contribution in [0.15, 0.2) is 18.6 Å². The molecule has 0 radical (unpaired) electrons. The summed E-state index contributed by atoms with van der Waals surface area (Å²) < 4.78 is 0. The van der Waals surface area contributed by atoms with Gasteiger partial charge < -0.3 is 10.0 Å². The lowest BCUT2D eigenvalue weighted by Gasteiger charge is -2.10. The third-order valence-corrected chi connectivity index (χ3v) is 1.37. The molecule has 64 valence electrons. The molecule has 0 aliphatic carbocycles. The van der Waals surface area contributed by atoms with Crippen LogP contribution in [-0.4, -0.2) is 33.1 Å². The maximum Gasteiger partial charge on any atom is 0.407 e. The Morgan fingerprint density at radius 1 is 1.75 bits per heavy atom. The number of hydrogen-bond acceptors (Lipinski definition) is 3. The van der Waals surface area contributed by atoms with Crippen LogP contribution in [0, 0.1) is 0 Å². The minimum absolute atomic E-state index is 0.290. The van der Waals surface area contributed by atoms with E-state index in [1.165, 1.54) is 13.4 Å². The number of rotatable bonds is 2. The Balaban J connectivity index is 2.58. The van der Waals surface area contributed by atoms with E-state index in [1.807, 2.05) is 0 Å². The zero-order valence-electron chi connectivity index (χ0n) is 6.64. The number of amides is 1. The van der Waals surface area contributed by atoms with Gasteiger partial charge >= 0.3 is 6.09 Å². The van der Waals surface area contributed by atoms with Crippen LogP contribution in [0.3, 0.4) is 0 Å². The number of aromatic nitrogens is 2. The monoisotopic (exact) mass is 167 g/mol. The van der Waals surface area contributed by atoms with Gasteiger partial charge in [0.05, 0.1) is 12.2 Å². The molecule has 0 saturated heterocycles. The SMILES string of the molecule is CN(Cc1ccncn1)C(=O)O. The average molecular weight is 167 g/mol. The van der Waals surface area contributed by atoms with E-state index in [0.29, 0.717) is 5.69 Å². The zero-order chi connectivity index (χ0) is 8.97. The van der Waals surface area contributed by atoms with Gasteiger partial charge in [0.25, 0.3) is 0 Å². The van der Waals surface area contributed by atoms with Crippen LogP contribution in [0.25, 0.3) is 0 Å². The highest BCUT2D eigenvalue weighted by Gasteiger charge is 2.05. The smallest absolute Gasteiger partial charge is 0.407 e. The van der Waals surface area contributed by atoms with E-state index in [2.05, 4.69) is 9.97 Å². The standard InChI is InChI=1S/C7H9N3O2/c1-10(7(11)12)4-6-2-3-8-5-9-6/h2-3,5H,4H2,1H3,(H,11,12). The van der Waals surface area contributed by atoms with Crippen molar-refractivity contribution in [2.45, 2.75) is 6.54 Å². The fraction of sp³-hybridized carbons (Fsp3) is 0.286. The number of carboxylic acid groups (broad SMARTS) is 1. The van der Waals surface area contributed by atoms with Crippen molar-refractivity contribution in [1.29, 1.82) is 0 Å². The third kappa shape index (κ3) is 2.19. The first kappa shape index (κ1) is 8.45. The molecule has 5 heteroatoms. The second-order valence-electron chi connectivity index (χ2n) is 2.34. The van der Waals surface area contributed by atoms with Gasteiger partial charge in [-0.05, 0) is 6.07 Å². The summed E-state index contributed by atoms with van der Waals surface area (Å²) in [4.78, 5) is 19.1. The Morgan fingerprint density at radius 2 is 2.50 bits per heavy atom. The molecule has 1 amide bonds. The van der Waals surface area contributed by atoms with Crippen LogP contribution in [-0.2, 0) is 6.54 Å². The summed E-state index contributed by atoms with van der Waals surface area (Å²) in [5.41, 5.74) is 0.690. The molecule has 5 nitrogen and oxygen atoms in total. The molecule has 1 aromatic rings. The van der Waals surface area contributed by atoms with Gasteiger partial charge in [0, 0.05) is 13.2 Å². The van der Waals surface area contributed by atoms with Crippen molar-refractivity contribution < 1.29 is 9.90 Å². The predicted molar refractivity (Wildman–Crippen MR) is 41.5 cm³/mol. The molecule has 1 N–H and O–H groups in total. The van der Waals surface area contributed by atoms with Crippen LogP contribution in [0.5, 0.6) is 0 Å². The Labute approximate surface area is 69.7 Å². The maximum absolute atomic E-state index is 10.4. The highest BCUT2D eigenvalue weighted by molar-refractivity contribution is 5.64. The van der Waals surface area contributed by atoms with E-state index in [9.17, 15) is 4.79 Å². The normalized spacial score (nSPS) is 9.42. The minimum atomic E-state index is -0.964. The molecule has 0 bridgehead atoms. The average Bonchev–Trinajstić information content (AvgIpc) is 2.06. The van der Waals surface area contributed by atoms with Crippen molar-refractivity contribution in [2.24, 2.45) is 0 Å². The summed E-state index contributed by atoms with van der Waals surface area (Å²) in [6.07, 6.45) is 2.01. The molecule has 0 unspecified atom stereocenters. The first-order chi connectivity index (χ1) is 5.70. The molecule has 0 saturated carbocycles. The van der Waals surface area contributed by atoms with E-state index < -0.39 is 6.09 Å². The molecule has 1 heterocycles. The molecule has 0 atom stereocenters. The molecule has 1 aromatic heterocycles. The van der Waals surface area contributed by atoms with Crippen molar-refractivity contribution >= 4 is 6.09 Å². The van der Waals surface area contributed by atoms with Crippen LogP contribution in [0.1, 0.15) is 5.69 Å². The number of hydrogen-bond donors (Lipinski definition) is 1. The van der Waals surface area contributed by atoms with E-state index in [0.717, 1.165) is 4.90 Å². The summed E-state index contributed by atoms with van der Waals surface area (Å²) in [6.45, 7) is 0.290. The zero-order valence-corrected chi connectivity index (χ0v) is 6.64. The quantitative estimate of drug-likeness (QED) is 0.699. The van der Waals surface area contributed by atoms with Crippen molar-refractivity contribution in [3.8, 4) is 0 Å². The highest BCUT2D eigenvalue weighted by atomic mass is 16.4. The Kier molecular flexibility index (Phi) is 2.57. The lowest BCUT2D eigenvalue weighted by Crippen LogP contribution is -2.24. The third-order valence-electron chi connectivity index (χ3n) is 1.37. The minimum Gasteiger partial charge on any atom is -0.465 e. The second-order valence-corrected chi connectivity index (χ2v) is 2.34. The molecular formula is C7H9N3O2. The van der Waals surface area contributed by atoms with Crippen LogP contribution < -0.4 is 0 Å². The van der Waals surface area contributed by atoms with Crippen molar-refractivity contribution in [2.75, 3.05) is 7.05 Å². The topological polar surface area (TPSA) is 66.3 Å². The molecule has 0 aliphatic heterocycles. The Morgan fingerprint density at radius 3 is 3.00 bits per heavy atom. The predicted octanol–water partition coefficient (Wildman–Crippen LogP) is 0.586. The van der Waals surface area contributed by atoms with Crippen LogP contribution in [0.2, 0.25) is 0 Å². The van der Waals surface area contributed by atoms with E-state index >= 15 is 0 Å². The van der Waals surface area contributed by atoms with E-state index in [4.69, 9.17) is 5.11 Å². The molecule has 12 heavy (non-hydrogen) atoms. The van der Waals surface area contributed by atoms with Gasteiger partial charge in [-0.3, -0.25) is 0 Å². The molecule has 0 aromatic carbocycles. The van der Waals surface area contributed by atoms with Crippen molar-refractivity contribution in [3.63, 3.8) is 0 Å². The lowest BCUT2D eigenvalue weighted by atomic mass is 10.4. The number of nitrogens with zero attached hydrogens (tertiary/aromatic N) is 3. The fourth-order valence-electron chi connectivity index (χ4n) is 0.722. The first-order valence-corrected chi connectivity index (χ1v) is 3.39. The van der Waals surface area contributed by atoms with Crippen molar-refractivity contribution in [3.05, 3.63) is 24.3 Å². The maximum atomic E-state index is 10.4. The van der Waals surface area contributed by atoms with E-state index in [1.54, 1.807) is 12.3 Å². The summed E-state index contributed by atoms with van der Waals surface area (Å²) in [6, 6.07) is 1.68. The van der Waals surface area contributed by atoms with Crippen molar-refractivity contribution in [1.82, 2.24) is 14.9 Å². The van der Waals surface area contributed by atoms with Crippen LogP contribution >= 0.6 is 0 Å². The summed E-state index contributed by atoms with van der Waals surface area (Å²) in [5, 5.41) is 8.53. The molecule has 0 fully saturated rings. The summed E-state index contributed by atoms with van der Waals surface area (Å²) >= 11 is 0. The molecule has 0 aliphatic rings. The molecular weight excluding hydrogens is 158 g/mol. The number of carbonyl (C=O) groups is 1. The van der Waals surface area contributed by atoms with Gasteiger partial charge in [-0.15, -0.1) is 0 Å².